The van der Waals surface area contributed by atoms with Gasteiger partial charge in [-0.2, -0.15) is 0 Å². The Morgan fingerprint density at radius 3 is 2.44 bits per heavy atom. The Balaban J connectivity index is 2.95. The summed E-state index contributed by atoms with van der Waals surface area (Å²) < 4.78 is 0. The Labute approximate surface area is 112 Å². The van der Waals surface area contributed by atoms with Gasteiger partial charge in [0.15, 0.2) is 0 Å². The van der Waals surface area contributed by atoms with Crippen LogP contribution in [0.25, 0.3) is 0 Å². The van der Waals surface area contributed by atoms with E-state index >= 15 is 0 Å². The molecule has 0 bridgehead atoms. The standard InChI is InChI=1S/C16H28N2/c1-12(2)14-8-7-13(3)15(9-14)16(4,5)10-18-11-17-6/h7-9,12,17-18H,10-11H2,1-6H3. The number of hydrogen-bond acceptors (Lipinski definition) is 2. The highest BCUT2D eigenvalue weighted by atomic mass is 15.0. The van der Waals surface area contributed by atoms with Gasteiger partial charge in [-0.05, 0) is 36.6 Å². The van der Waals surface area contributed by atoms with Crippen LogP contribution in [-0.2, 0) is 5.41 Å². The van der Waals surface area contributed by atoms with Crippen molar-refractivity contribution < 1.29 is 0 Å². The van der Waals surface area contributed by atoms with Gasteiger partial charge in [0, 0.05) is 18.6 Å². The van der Waals surface area contributed by atoms with Gasteiger partial charge in [-0.3, -0.25) is 0 Å². The lowest BCUT2D eigenvalue weighted by Gasteiger charge is -2.28. The highest BCUT2D eigenvalue weighted by Gasteiger charge is 2.22. The molecule has 1 rings (SSSR count). The van der Waals surface area contributed by atoms with Crippen LogP contribution in [0.5, 0.6) is 0 Å². The van der Waals surface area contributed by atoms with Crippen molar-refractivity contribution in [3.05, 3.63) is 34.9 Å². The van der Waals surface area contributed by atoms with Crippen molar-refractivity contribution in [2.75, 3.05) is 20.3 Å². The van der Waals surface area contributed by atoms with Crippen LogP contribution in [0.2, 0.25) is 0 Å². The van der Waals surface area contributed by atoms with Crippen LogP contribution in [0.1, 0.15) is 50.3 Å². The van der Waals surface area contributed by atoms with E-state index in [4.69, 9.17) is 0 Å². The van der Waals surface area contributed by atoms with E-state index in [1.165, 1.54) is 16.7 Å². The predicted octanol–water partition coefficient (Wildman–Crippen LogP) is 3.16. The number of rotatable bonds is 6. The molecule has 0 fully saturated rings. The van der Waals surface area contributed by atoms with Gasteiger partial charge in [0.1, 0.15) is 0 Å². The van der Waals surface area contributed by atoms with Gasteiger partial charge in [-0.15, -0.1) is 0 Å². The molecule has 102 valence electrons. The molecule has 0 heterocycles. The molecule has 1 aromatic carbocycles. The average molecular weight is 248 g/mol. The summed E-state index contributed by atoms with van der Waals surface area (Å²) in [5.74, 6) is 0.588. The molecule has 0 aromatic heterocycles. The van der Waals surface area contributed by atoms with Crippen LogP contribution in [0.4, 0.5) is 0 Å². The van der Waals surface area contributed by atoms with E-state index in [0.29, 0.717) is 5.92 Å². The van der Waals surface area contributed by atoms with Gasteiger partial charge < -0.3 is 10.6 Å². The second kappa shape index (κ2) is 6.35. The third-order valence-corrected chi connectivity index (χ3v) is 3.53. The number of hydrogen-bond donors (Lipinski definition) is 2. The molecule has 0 saturated carbocycles. The van der Waals surface area contributed by atoms with Crippen LogP contribution in [0.3, 0.4) is 0 Å². The topological polar surface area (TPSA) is 24.1 Å². The minimum absolute atomic E-state index is 0.159. The maximum absolute atomic E-state index is 3.44. The molecule has 0 unspecified atom stereocenters. The summed E-state index contributed by atoms with van der Waals surface area (Å²) in [6.45, 7) is 13.2. The van der Waals surface area contributed by atoms with E-state index in [2.05, 4.69) is 63.5 Å². The molecule has 0 saturated heterocycles. The number of aryl methyl sites for hydroxylation is 1. The summed E-state index contributed by atoms with van der Waals surface area (Å²) >= 11 is 0. The first kappa shape index (κ1) is 15.2. The maximum Gasteiger partial charge on any atom is 0.0452 e. The Kier molecular flexibility index (Phi) is 5.36. The smallest absolute Gasteiger partial charge is 0.0452 e. The van der Waals surface area contributed by atoms with Gasteiger partial charge in [-0.1, -0.05) is 45.9 Å². The Morgan fingerprint density at radius 2 is 1.89 bits per heavy atom. The van der Waals surface area contributed by atoms with E-state index < -0.39 is 0 Å². The maximum atomic E-state index is 3.44. The summed E-state index contributed by atoms with van der Waals surface area (Å²) in [6, 6.07) is 6.88. The van der Waals surface area contributed by atoms with Gasteiger partial charge >= 0.3 is 0 Å². The lowest BCUT2D eigenvalue weighted by Crippen LogP contribution is -2.37. The second-order valence-electron chi connectivity index (χ2n) is 6.07. The zero-order chi connectivity index (χ0) is 13.8. The summed E-state index contributed by atoms with van der Waals surface area (Å²) in [5.41, 5.74) is 4.43. The monoisotopic (exact) mass is 248 g/mol. The first-order valence-corrected chi connectivity index (χ1v) is 6.85. The minimum Gasteiger partial charge on any atom is -0.308 e. The fourth-order valence-corrected chi connectivity index (χ4v) is 2.32. The lowest BCUT2D eigenvalue weighted by molar-refractivity contribution is 0.458. The van der Waals surface area contributed by atoms with E-state index in [-0.39, 0.29) is 5.41 Å². The molecule has 18 heavy (non-hydrogen) atoms. The van der Waals surface area contributed by atoms with Crippen LogP contribution in [0, 0.1) is 6.92 Å². The molecule has 1 aromatic rings. The molecule has 0 amide bonds. The van der Waals surface area contributed by atoms with Gasteiger partial charge in [0.2, 0.25) is 0 Å². The molecule has 0 aliphatic heterocycles. The van der Waals surface area contributed by atoms with Gasteiger partial charge in [0.05, 0.1) is 0 Å². The molecule has 2 N–H and O–H groups in total. The zero-order valence-corrected chi connectivity index (χ0v) is 12.7. The number of benzene rings is 1. The zero-order valence-electron chi connectivity index (χ0n) is 12.7. The second-order valence-corrected chi connectivity index (χ2v) is 6.07. The summed E-state index contributed by atoms with van der Waals surface area (Å²) in [7, 11) is 1.96. The van der Waals surface area contributed by atoms with Crippen molar-refractivity contribution in [1.82, 2.24) is 10.6 Å². The summed E-state index contributed by atoms with van der Waals surface area (Å²) in [6.07, 6.45) is 0. The molecule has 0 aliphatic carbocycles. The van der Waals surface area contributed by atoms with Crippen molar-refractivity contribution in [3.63, 3.8) is 0 Å². The van der Waals surface area contributed by atoms with Crippen LogP contribution >= 0.6 is 0 Å². The van der Waals surface area contributed by atoms with Crippen LogP contribution < -0.4 is 10.6 Å². The van der Waals surface area contributed by atoms with Gasteiger partial charge in [-0.25, -0.2) is 0 Å². The largest absolute Gasteiger partial charge is 0.308 e. The minimum atomic E-state index is 0.159. The predicted molar refractivity (Wildman–Crippen MR) is 80.2 cm³/mol. The SMILES string of the molecule is CNCNCC(C)(C)c1cc(C(C)C)ccc1C. The Morgan fingerprint density at radius 1 is 1.22 bits per heavy atom. The molecule has 2 nitrogen and oxygen atoms in total. The van der Waals surface area contributed by atoms with Crippen molar-refractivity contribution in [2.45, 2.75) is 46.0 Å². The molecule has 2 heteroatoms. The normalized spacial score (nSPS) is 12.2. The molecule has 0 aliphatic rings. The van der Waals surface area contributed by atoms with E-state index in [1.807, 2.05) is 7.05 Å². The highest BCUT2D eigenvalue weighted by Crippen LogP contribution is 2.28. The molecular formula is C16H28N2. The average Bonchev–Trinajstić information content (AvgIpc) is 2.29. The molecular weight excluding hydrogens is 220 g/mol. The van der Waals surface area contributed by atoms with Crippen LogP contribution in [-0.4, -0.2) is 20.3 Å². The highest BCUT2D eigenvalue weighted by molar-refractivity contribution is 5.37. The first-order chi connectivity index (χ1) is 8.38. The van der Waals surface area contributed by atoms with Gasteiger partial charge in [0.25, 0.3) is 0 Å². The van der Waals surface area contributed by atoms with Crippen LogP contribution in [0.15, 0.2) is 18.2 Å². The summed E-state index contributed by atoms with van der Waals surface area (Å²) in [4.78, 5) is 0. The summed E-state index contributed by atoms with van der Waals surface area (Å²) in [5, 5.41) is 6.56. The van der Waals surface area contributed by atoms with Crippen molar-refractivity contribution in [1.29, 1.82) is 0 Å². The lowest BCUT2D eigenvalue weighted by atomic mass is 9.80. The third kappa shape index (κ3) is 3.82. The van der Waals surface area contributed by atoms with Crippen molar-refractivity contribution >= 4 is 0 Å². The molecule has 0 radical (unpaired) electrons. The van der Waals surface area contributed by atoms with E-state index in [0.717, 1.165) is 13.2 Å². The molecule has 0 atom stereocenters. The fourth-order valence-electron chi connectivity index (χ4n) is 2.32. The van der Waals surface area contributed by atoms with E-state index in [9.17, 15) is 0 Å². The molecule has 0 spiro atoms. The van der Waals surface area contributed by atoms with Crippen molar-refractivity contribution in [2.24, 2.45) is 0 Å². The van der Waals surface area contributed by atoms with E-state index in [1.54, 1.807) is 0 Å². The Bertz CT molecular complexity index is 381. The Hall–Kier alpha value is -0.860. The fraction of sp³-hybridized carbons (Fsp3) is 0.625. The quantitative estimate of drug-likeness (QED) is 0.597. The first-order valence-electron chi connectivity index (χ1n) is 6.85. The van der Waals surface area contributed by atoms with Crippen molar-refractivity contribution in [3.8, 4) is 0 Å². The third-order valence-electron chi connectivity index (χ3n) is 3.53. The number of nitrogens with one attached hydrogen (secondary N) is 2.